The van der Waals surface area contributed by atoms with Gasteiger partial charge in [-0.15, -0.1) is 0 Å². The van der Waals surface area contributed by atoms with E-state index in [4.69, 9.17) is 4.74 Å². The fraction of sp³-hybridized carbons (Fsp3) is 0.533. The van der Waals surface area contributed by atoms with Gasteiger partial charge in [0.05, 0.1) is 7.11 Å². The topological polar surface area (TPSA) is 29.5 Å². The minimum atomic E-state index is 0.192. The molecule has 0 unspecified atom stereocenters. The summed E-state index contributed by atoms with van der Waals surface area (Å²) in [5.41, 5.74) is 1.27. The van der Waals surface area contributed by atoms with Crippen molar-refractivity contribution in [2.75, 3.05) is 20.2 Å². The maximum atomic E-state index is 11.0. The highest BCUT2D eigenvalue weighted by molar-refractivity contribution is 5.54. The molecule has 1 aliphatic rings. The molecular weight excluding hydrogens is 226 g/mol. The molecular formula is C15H21NO2. The lowest BCUT2D eigenvalue weighted by molar-refractivity contribution is -0.114. The molecule has 0 aromatic heterocycles. The van der Waals surface area contributed by atoms with Crippen molar-refractivity contribution in [1.82, 2.24) is 4.90 Å². The van der Waals surface area contributed by atoms with Crippen LogP contribution in [0.5, 0.6) is 5.75 Å². The van der Waals surface area contributed by atoms with Crippen molar-refractivity contribution in [1.29, 1.82) is 0 Å². The maximum absolute atomic E-state index is 11.0. The third-order valence-electron chi connectivity index (χ3n) is 3.84. The Morgan fingerprint density at radius 2 is 2.11 bits per heavy atom. The van der Waals surface area contributed by atoms with Gasteiger partial charge in [-0.25, -0.2) is 0 Å². The van der Waals surface area contributed by atoms with Gasteiger partial charge in [0.15, 0.2) is 0 Å². The van der Waals surface area contributed by atoms with E-state index in [1.54, 1.807) is 7.11 Å². The van der Waals surface area contributed by atoms with Gasteiger partial charge in [0, 0.05) is 19.0 Å². The molecule has 1 saturated heterocycles. The van der Waals surface area contributed by atoms with Crippen LogP contribution in [0.25, 0.3) is 0 Å². The summed E-state index contributed by atoms with van der Waals surface area (Å²) in [7, 11) is 1.68. The molecule has 1 aliphatic heterocycles. The summed E-state index contributed by atoms with van der Waals surface area (Å²) in [4.78, 5) is 13.4. The molecule has 1 heterocycles. The van der Waals surface area contributed by atoms with E-state index in [0.29, 0.717) is 5.92 Å². The molecule has 0 amide bonds. The predicted molar refractivity (Wildman–Crippen MR) is 71.6 cm³/mol. The van der Waals surface area contributed by atoms with Crippen LogP contribution in [0.4, 0.5) is 0 Å². The Kier molecular flexibility index (Phi) is 4.37. The number of aldehydes is 1. The van der Waals surface area contributed by atoms with Crippen LogP contribution in [0.1, 0.15) is 18.9 Å². The Bertz CT molecular complexity index is 388. The van der Waals surface area contributed by atoms with Gasteiger partial charge >= 0.3 is 0 Å². The Balaban J connectivity index is 1.94. The standard InChI is InChI=1S/C15H21NO2/c1-12-7-8-16(10-14(12)11-17)9-13-3-5-15(18-2)6-4-13/h3-6,11-12,14H,7-10H2,1-2H3/t12-,14-/m1/s1. The Labute approximate surface area is 109 Å². The first-order valence-corrected chi connectivity index (χ1v) is 6.53. The molecule has 2 rings (SSSR count). The van der Waals surface area contributed by atoms with Crippen molar-refractivity contribution in [3.05, 3.63) is 29.8 Å². The molecule has 0 aliphatic carbocycles. The van der Waals surface area contributed by atoms with E-state index in [0.717, 1.165) is 38.1 Å². The summed E-state index contributed by atoms with van der Waals surface area (Å²) in [5, 5.41) is 0. The average molecular weight is 247 g/mol. The molecule has 2 atom stereocenters. The van der Waals surface area contributed by atoms with Gasteiger partial charge < -0.3 is 9.53 Å². The quantitative estimate of drug-likeness (QED) is 0.765. The minimum Gasteiger partial charge on any atom is -0.497 e. The second-order valence-electron chi connectivity index (χ2n) is 5.15. The van der Waals surface area contributed by atoms with Gasteiger partial charge in [-0.2, -0.15) is 0 Å². The third-order valence-corrected chi connectivity index (χ3v) is 3.84. The lowest BCUT2D eigenvalue weighted by atomic mass is 9.88. The molecule has 0 radical (unpaired) electrons. The fourth-order valence-electron chi connectivity index (χ4n) is 2.48. The van der Waals surface area contributed by atoms with Gasteiger partial charge in [-0.3, -0.25) is 4.90 Å². The zero-order chi connectivity index (χ0) is 13.0. The van der Waals surface area contributed by atoms with Crippen LogP contribution < -0.4 is 4.74 Å². The second-order valence-corrected chi connectivity index (χ2v) is 5.15. The van der Waals surface area contributed by atoms with Gasteiger partial charge in [0.2, 0.25) is 0 Å². The highest BCUT2D eigenvalue weighted by atomic mass is 16.5. The van der Waals surface area contributed by atoms with E-state index in [-0.39, 0.29) is 5.92 Å². The predicted octanol–water partition coefficient (Wildman–Crippen LogP) is 2.35. The Morgan fingerprint density at radius 1 is 1.39 bits per heavy atom. The summed E-state index contributed by atoms with van der Waals surface area (Å²) in [5.74, 6) is 1.60. The number of benzene rings is 1. The number of hydrogen-bond donors (Lipinski definition) is 0. The van der Waals surface area contributed by atoms with Gasteiger partial charge in [-0.1, -0.05) is 19.1 Å². The molecule has 98 valence electrons. The van der Waals surface area contributed by atoms with E-state index in [1.165, 1.54) is 5.56 Å². The van der Waals surface area contributed by atoms with Crippen molar-refractivity contribution in [3.63, 3.8) is 0 Å². The molecule has 0 bridgehead atoms. The molecule has 1 aromatic rings. The molecule has 1 aromatic carbocycles. The number of likely N-dealkylation sites (tertiary alicyclic amines) is 1. The highest BCUT2D eigenvalue weighted by Gasteiger charge is 2.25. The monoisotopic (exact) mass is 247 g/mol. The van der Waals surface area contributed by atoms with Crippen LogP contribution in [-0.4, -0.2) is 31.4 Å². The van der Waals surface area contributed by atoms with Crippen LogP contribution in [0.15, 0.2) is 24.3 Å². The molecule has 18 heavy (non-hydrogen) atoms. The normalized spacial score (nSPS) is 24.8. The number of carbonyl (C=O) groups excluding carboxylic acids is 1. The van der Waals surface area contributed by atoms with Crippen molar-refractivity contribution in [2.45, 2.75) is 19.9 Å². The number of carbonyl (C=O) groups is 1. The zero-order valence-corrected chi connectivity index (χ0v) is 11.1. The fourth-order valence-corrected chi connectivity index (χ4v) is 2.48. The van der Waals surface area contributed by atoms with Gasteiger partial charge in [0.1, 0.15) is 12.0 Å². The third kappa shape index (κ3) is 3.10. The largest absolute Gasteiger partial charge is 0.497 e. The molecule has 3 heteroatoms. The number of hydrogen-bond acceptors (Lipinski definition) is 3. The van der Waals surface area contributed by atoms with Crippen molar-refractivity contribution in [2.24, 2.45) is 11.8 Å². The van der Waals surface area contributed by atoms with E-state index in [1.807, 2.05) is 12.1 Å². The minimum absolute atomic E-state index is 0.192. The van der Waals surface area contributed by atoms with E-state index >= 15 is 0 Å². The summed E-state index contributed by atoms with van der Waals surface area (Å²) < 4.78 is 5.15. The van der Waals surface area contributed by atoms with E-state index < -0.39 is 0 Å². The second kappa shape index (κ2) is 6.01. The van der Waals surface area contributed by atoms with E-state index in [9.17, 15) is 4.79 Å². The number of methoxy groups -OCH3 is 1. The van der Waals surface area contributed by atoms with Crippen LogP contribution >= 0.6 is 0 Å². The van der Waals surface area contributed by atoms with Gasteiger partial charge in [-0.05, 0) is 36.6 Å². The smallest absolute Gasteiger partial charge is 0.124 e. The first-order valence-electron chi connectivity index (χ1n) is 6.53. The van der Waals surface area contributed by atoms with Crippen LogP contribution in [0, 0.1) is 11.8 Å². The van der Waals surface area contributed by atoms with E-state index in [2.05, 4.69) is 24.0 Å². The highest BCUT2D eigenvalue weighted by Crippen LogP contribution is 2.23. The SMILES string of the molecule is COc1ccc(CN2CC[C@@H](C)[C@@H](C=O)C2)cc1. The van der Waals surface area contributed by atoms with Crippen molar-refractivity contribution < 1.29 is 9.53 Å². The first-order chi connectivity index (χ1) is 8.72. The molecule has 0 spiro atoms. The summed E-state index contributed by atoms with van der Waals surface area (Å²) in [6.45, 7) is 5.05. The van der Waals surface area contributed by atoms with Crippen LogP contribution in [-0.2, 0) is 11.3 Å². The number of nitrogens with zero attached hydrogens (tertiary/aromatic N) is 1. The first kappa shape index (κ1) is 13.1. The van der Waals surface area contributed by atoms with Gasteiger partial charge in [0.25, 0.3) is 0 Å². The molecule has 3 nitrogen and oxygen atoms in total. The van der Waals surface area contributed by atoms with Crippen LogP contribution in [0.3, 0.4) is 0 Å². The summed E-state index contributed by atoms with van der Waals surface area (Å²) >= 11 is 0. The number of piperidine rings is 1. The average Bonchev–Trinajstić information content (AvgIpc) is 2.42. The molecule has 0 saturated carbocycles. The van der Waals surface area contributed by atoms with Crippen LogP contribution in [0.2, 0.25) is 0 Å². The summed E-state index contributed by atoms with van der Waals surface area (Å²) in [6.07, 6.45) is 2.23. The lowest BCUT2D eigenvalue weighted by Crippen LogP contribution is -2.39. The maximum Gasteiger partial charge on any atom is 0.124 e. The Morgan fingerprint density at radius 3 is 2.72 bits per heavy atom. The number of rotatable bonds is 4. The summed E-state index contributed by atoms with van der Waals surface area (Å²) in [6, 6.07) is 8.15. The zero-order valence-electron chi connectivity index (χ0n) is 11.1. The van der Waals surface area contributed by atoms with Crippen molar-refractivity contribution in [3.8, 4) is 5.75 Å². The Hall–Kier alpha value is -1.35. The number of ether oxygens (including phenoxy) is 1. The lowest BCUT2D eigenvalue weighted by Gasteiger charge is -2.34. The van der Waals surface area contributed by atoms with Crippen molar-refractivity contribution >= 4 is 6.29 Å². The molecule has 1 fully saturated rings. The molecule has 0 N–H and O–H groups in total.